The Bertz CT molecular complexity index is 777. The molecule has 0 spiro atoms. The number of halogens is 1. The molecule has 0 aromatic heterocycles. The van der Waals surface area contributed by atoms with Crippen LogP contribution in [-0.2, 0) is 16.0 Å². The van der Waals surface area contributed by atoms with Crippen LogP contribution in [0.1, 0.15) is 27.9 Å². The number of carbonyl (C=O) groups is 2. The fourth-order valence-electron chi connectivity index (χ4n) is 2.49. The Labute approximate surface area is 158 Å². The minimum atomic E-state index is -0.274. The Morgan fingerprint density at radius 1 is 1.15 bits per heavy atom. The molecule has 0 bridgehead atoms. The standard InChI is InChI=1S/C20H23ClN2O3/c1-14-4-3-5-15(12-14)6-9-19(24)23-16-7-8-17(18(21)13-16)20(25)22-10-11-26-2/h3-5,7-8,12-13H,6,9-11H2,1-2H3,(H,22,25)(H,23,24). The number of benzene rings is 2. The Balaban J connectivity index is 1.90. The lowest BCUT2D eigenvalue weighted by Crippen LogP contribution is -2.27. The minimum Gasteiger partial charge on any atom is -0.383 e. The maximum absolute atomic E-state index is 12.1. The highest BCUT2D eigenvalue weighted by Gasteiger charge is 2.11. The summed E-state index contributed by atoms with van der Waals surface area (Å²) in [6.07, 6.45) is 1.04. The van der Waals surface area contributed by atoms with Crippen molar-refractivity contribution < 1.29 is 14.3 Å². The third-order valence-corrected chi connectivity index (χ3v) is 4.13. The summed E-state index contributed by atoms with van der Waals surface area (Å²) in [6.45, 7) is 2.86. The van der Waals surface area contributed by atoms with E-state index in [1.165, 1.54) is 5.56 Å². The molecule has 0 heterocycles. The van der Waals surface area contributed by atoms with E-state index >= 15 is 0 Å². The molecular formula is C20H23ClN2O3. The van der Waals surface area contributed by atoms with Crippen LogP contribution in [0.15, 0.2) is 42.5 Å². The highest BCUT2D eigenvalue weighted by Crippen LogP contribution is 2.21. The second kappa shape index (κ2) is 9.94. The summed E-state index contributed by atoms with van der Waals surface area (Å²) in [4.78, 5) is 24.2. The van der Waals surface area contributed by atoms with Gasteiger partial charge in [-0.3, -0.25) is 9.59 Å². The molecule has 0 radical (unpaired) electrons. The van der Waals surface area contributed by atoms with Gasteiger partial charge >= 0.3 is 0 Å². The van der Waals surface area contributed by atoms with Crippen LogP contribution < -0.4 is 10.6 Å². The van der Waals surface area contributed by atoms with E-state index < -0.39 is 0 Å². The van der Waals surface area contributed by atoms with E-state index in [4.69, 9.17) is 16.3 Å². The van der Waals surface area contributed by atoms with Crippen LogP contribution in [0.3, 0.4) is 0 Å². The highest BCUT2D eigenvalue weighted by molar-refractivity contribution is 6.34. The molecule has 6 heteroatoms. The highest BCUT2D eigenvalue weighted by atomic mass is 35.5. The number of anilines is 1. The van der Waals surface area contributed by atoms with Crippen molar-refractivity contribution in [3.05, 3.63) is 64.2 Å². The van der Waals surface area contributed by atoms with Gasteiger partial charge in [-0.05, 0) is 37.1 Å². The first kappa shape index (κ1) is 19.9. The molecule has 2 N–H and O–H groups in total. The molecule has 0 saturated heterocycles. The third kappa shape index (κ3) is 6.17. The van der Waals surface area contributed by atoms with E-state index in [9.17, 15) is 9.59 Å². The van der Waals surface area contributed by atoms with Crippen LogP contribution >= 0.6 is 11.6 Å². The Hall–Kier alpha value is -2.37. The smallest absolute Gasteiger partial charge is 0.252 e. The lowest BCUT2D eigenvalue weighted by atomic mass is 10.1. The van der Waals surface area contributed by atoms with Gasteiger partial charge in [0.1, 0.15) is 0 Å². The topological polar surface area (TPSA) is 67.4 Å². The van der Waals surface area contributed by atoms with Crippen LogP contribution in [0, 0.1) is 6.92 Å². The van der Waals surface area contributed by atoms with Gasteiger partial charge in [0.15, 0.2) is 0 Å². The number of nitrogens with one attached hydrogen (secondary N) is 2. The van der Waals surface area contributed by atoms with Gasteiger partial charge in [-0.1, -0.05) is 41.4 Å². The second-order valence-corrected chi connectivity index (χ2v) is 6.39. The van der Waals surface area contributed by atoms with Gasteiger partial charge in [0, 0.05) is 25.8 Å². The van der Waals surface area contributed by atoms with E-state index in [-0.39, 0.29) is 16.8 Å². The van der Waals surface area contributed by atoms with Crippen LogP contribution in [0.4, 0.5) is 5.69 Å². The average molecular weight is 375 g/mol. The summed E-state index contributed by atoms with van der Waals surface area (Å²) >= 11 is 6.17. The lowest BCUT2D eigenvalue weighted by molar-refractivity contribution is -0.116. The number of hydrogen-bond acceptors (Lipinski definition) is 3. The molecule has 2 aromatic carbocycles. The summed E-state index contributed by atoms with van der Waals surface area (Å²) < 4.78 is 4.89. The van der Waals surface area contributed by atoms with Crippen molar-refractivity contribution in [1.29, 1.82) is 0 Å². The summed E-state index contributed by atoms with van der Waals surface area (Å²) in [6, 6.07) is 12.9. The fourth-order valence-corrected chi connectivity index (χ4v) is 2.75. The molecule has 0 fully saturated rings. The maximum atomic E-state index is 12.1. The van der Waals surface area contributed by atoms with Crippen molar-refractivity contribution in [3.63, 3.8) is 0 Å². The minimum absolute atomic E-state index is 0.0973. The molecule has 2 amide bonds. The number of carbonyl (C=O) groups excluding carboxylic acids is 2. The summed E-state index contributed by atoms with van der Waals surface area (Å²) in [5, 5.41) is 5.81. The molecule has 26 heavy (non-hydrogen) atoms. The Morgan fingerprint density at radius 2 is 1.96 bits per heavy atom. The molecule has 2 aromatic rings. The predicted molar refractivity (Wildman–Crippen MR) is 104 cm³/mol. The average Bonchev–Trinajstić information content (AvgIpc) is 2.60. The van der Waals surface area contributed by atoms with Crippen molar-refractivity contribution in [1.82, 2.24) is 5.32 Å². The number of ether oxygens (including phenoxy) is 1. The van der Waals surface area contributed by atoms with E-state index in [0.717, 1.165) is 5.56 Å². The zero-order chi connectivity index (χ0) is 18.9. The van der Waals surface area contributed by atoms with Crippen molar-refractivity contribution in [3.8, 4) is 0 Å². The lowest BCUT2D eigenvalue weighted by Gasteiger charge is -2.09. The monoisotopic (exact) mass is 374 g/mol. The van der Waals surface area contributed by atoms with Gasteiger partial charge in [0.2, 0.25) is 5.91 Å². The molecule has 0 atom stereocenters. The Morgan fingerprint density at radius 3 is 2.65 bits per heavy atom. The normalized spacial score (nSPS) is 10.4. The van der Waals surface area contributed by atoms with Crippen LogP contribution in [0.5, 0.6) is 0 Å². The number of hydrogen-bond donors (Lipinski definition) is 2. The van der Waals surface area contributed by atoms with Crippen molar-refractivity contribution in [2.45, 2.75) is 19.8 Å². The van der Waals surface area contributed by atoms with E-state index in [2.05, 4.69) is 16.7 Å². The van der Waals surface area contributed by atoms with Crippen molar-refractivity contribution in [2.24, 2.45) is 0 Å². The number of aryl methyl sites for hydroxylation is 2. The quantitative estimate of drug-likeness (QED) is 0.694. The molecule has 5 nitrogen and oxygen atoms in total. The summed E-state index contributed by atoms with van der Waals surface area (Å²) in [5.41, 5.74) is 3.23. The number of amides is 2. The Kier molecular flexibility index (Phi) is 7.63. The van der Waals surface area contributed by atoms with E-state index in [1.54, 1.807) is 25.3 Å². The molecule has 2 rings (SSSR count). The number of methoxy groups -OCH3 is 1. The molecule has 0 aliphatic rings. The predicted octanol–water partition coefficient (Wildman–Crippen LogP) is 3.60. The molecule has 0 saturated carbocycles. The van der Waals surface area contributed by atoms with Gasteiger partial charge in [0.05, 0.1) is 17.2 Å². The molecule has 0 aliphatic heterocycles. The van der Waals surface area contributed by atoms with Gasteiger partial charge in [-0.25, -0.2) is 0 Å². The van der Waals surface area contributed by atoms with Crippen molar-refractivity contribution in [2.75, 3.05) is 25.6 Å². The van der Waals surface area contributed by atoms with Gasteiger partial charge < -0.3 is 15.4 Å². The van der Waals surface area contributed by atoms with Gasteiger partial charge in [-0.15, -0.1) is 0 Å². The third-order valence-electron chi connectivity index (χ3n) is 3.81. The molecule has 0 unspecified atom stereocenters. The molecule has 138 valence electrons. The van der Waals surface area contributed by atoms with Gasteiger partial charge in [0.25, 0.3) is 5.91 Å². The number of rotatable bonds is 8. The first-order chi connectivity index (χ1) is 12.5. The zero-order valence-corrected chi connectivity index (χ0v) is 15.7. The van der Waals surface area contributed by atoms with E-state index in [0.29, 0.717) is 37.2 Å². The van der Waals surface area contributed by atoms with Crippen LogP contribution in [0.25, 0.3) is 0 Å². The maximum Gasteiger partial charge on any atom is 0.252 e. The largest absolute Gasteiger partial charge is 0.383 e. The fraction of sp³-hybridized carbons (Fsp3) is 0.300. The first-order valence-corrected chi connectivity index (χ1v) is 8.79. The van der Waals surface area contributed by atoms with Crippen molar-refractivity contribution >= 4 is 29.1 Å². The van der Waals surface area contributed by atoms with E-state index in [1.807, 2.05) is 25.1 Å². The van der Waals surface area contributed by atoms with Crippen LogP contribution in [-0.4, -0.2) is 32.1 Å². The summed E-state index contributed by atoms with van der Waals surface area (Å²) in [5.74, 6) is -0.371. The zero-order valence-electron chi connectivity index (χ0n) is 15.0. The van der Waals surface area contributed by atoms with Gasteiger partial charge in [-0.2, -0.15) is 0 Å². The second-order valence-electron chi connectivity index (χ2n) is 5.98. The molecular weight excluding hydrogens is 352 g/mol. The van der Waals surface area contributed by atoms with Crippen LogP contribution in [0.2, 0.25) is 5.02 Å². The SMILES string of the molecule is COCCNC(=O)c1ccc(NC(=O)CCc2cccc(C)c2)cc1Cl. The summed E-state index contributed by atoms with van der Waals surface area (Å²) in [7, 11) is 1.57. The molecule has 0 aliphatic carbocycles. The first-order valence-electron chi connectivity index (χ1n) is 8.41.